The van der Waals surface area contributed by atoms with Crippen LogP contribution in [0.4, 0.5) is 0 Å². The van der Waals surface area contributed by atoms with Gasteiger partial charge in [-0.15, -0.1) is 0 Å². The molecule has 0 heterocycles. The van der Waals surface area contributed by atoms with Crippen LogP contribution in [0.2, 0.25) is 0 Å². The Morgan fingerprint density at radius 3 is 0.904 bits per heavy atom. The van der Waals surface area contributed by atoms with E-state index in [9.17, 15) is 9.90 Å². The van der Waals surface area contributed by atoms with Crippen LogP contribution in [0.3, 0.4) is 0 Å². The van der Waals surface area contributed by atoms with Crippen molar-refractivity contribution in [1.82, 2.24) is 5.32 Å². The van der Waals surface area contributed by atoms with Crippen molar-refractivity contribution in [3.05, 3.63) is 0 Å². The Bertz CT molecular complexity index is 655. The van der Waals surface area contributed by atoms with Crippen LogP contribution in [0.1, 0.15) is 116 Å². The quantitative estimate of drug-likeness (QED) is 0.0720. The number of nitrogens with one attached hydrogen (secondary N) is 1. The molecule has 0 bridgehead atoms. The van der Waals surface area contributed by atoms with Gasteiger partial charge in [-0.2, -0.15) is 0 Å². The summed E-state index contributed by atoms with van der Waals surface area (Å²) < 4.78 is 49.5. The van der Waals surface area contributed by atoms with Crippen molar-refractivity contribution in [2.45, 2.75) is 116 Å². The van der Waals surface area contributed by atoms with Crippen molar-refractivity contribution in [3.63, 3.8) is 0 Å². The first-order valence-electron chi connectivity index (χ1n) is 20.4. The summed E-state index contributed by atoms with van der Waals surface area (Å²) in [5, 5.41) is 13.2. The Morgan fingerprint density at radius 2 is 0.615 bits per heavy atom. The molecule has 0 radical (unpaired) electrons. The molecule has 52 heavy (non-hydrogen) atoms. The van der Waals surface area contributed by atoms with E-state index in [1.54, 1.807) is 0 Å². The van der Waals surface area contributed by atoms with Crippen LogP contribution < -0.4 is 40.0 Å². The fourth-order valence-electron chi connectivity index (χ4n) is 5.07. The second-order valence-corrected chi connectivity index (χ2v) is 12.7. The number of ether oxygens (including phenoxy) is 9. The molecule has 0 fully saturated rings. The van der Waals surface area contributed by atoms with E-state index in [2.05, 4.69) is 12.2 Å². The predicted molar refractivity (Wildman–Crippen MR) is 199 cm³/mol. The maximum atomic E-state index is 10.3. The summed E-state index contributed by atoms with van der Waals surface area (Å²) in [5.41, 5.74) is 0. The summed E-state index contributed by atoms with van der Waals surface area (Å²) in [5.74, 6) is -1.06. The van der Waals surface area contributed by atoms with Gasteiger partial charge in [-0.1, -0.05) is 103 Å². The molecule has 0 aromatic heterocycles. The summed E-state index contributed by atoms with van der Waals surface area (Å²) >= 11 is 0. The summed E-state index contributed by atoms with van der Waals surface area (Å²) in [6, 6.07) is 0. The van der Waals surface area contributed by atoms with Gasteiger partial charge in [-0.3, -0.25) is 0 Å². The first kappa shape index (κ1) is 54.2. The third kappa shape index (κ3) is 52.2. The minimum Gasteiger partial charge on any atom is -0.550 e. The summed E-state index contributed by atoms with van der Waals surface area (Å²) in [6.07, 6.45) is 22.2. The van der Waals surface area contributed by atoms with E-state index < -0.39 is 5.97 Å². The monoisotopic (exact) mass is 760 g/mol. The van der Waals surface area contributed by atoms with Crippen LogP contribution in [0, 0.1) is 0 Å². The second kappa shape index (κ2) is 51.1. The molecule has 0 amide bonds. The number of hydrogen-bond acceptors (Lipinski definition) is 12. The molecule has 0 saturated carbocycles. The van der Waals surface area contributed by atoms with Gasteiger partial charge in [0.25, 0.3) is 0 Å². The van der Waals surface area contributed by atoms with E-state index in [-0.39, 0.29) is 36.0 Å². The van der Waals surface area contributed by atoms with Crippen molar-refractivity contribution in [3.8, 4) is 0 Å². The van der Waals surface area contributed by atoms with Crippen molar-refractivity contribution in [2.75, 3.05) is 132 Å². The maximum absolute atomic E-state index is 10.3. The molecule has 0 aliphatic rings. The Morgan fingerprint density at radius 1 is 0.365 bits per heavy atom. The van der Waals surface area contributed by atoms with Crippen LogP contribution in [0.5, 0.6) is 0 Å². The predicted octanol–water partition coefficient (Wildman–Crippen LogP) is 2.13. The maximum Gasteiger partial charge on any atom is 1.00 e. The SMILES string of the molecule is CCCCCCCCCCCCCCCCCCOCCOCCOCCOCCOCCOCCOCCOCCOCCNCCC(=O)[O-].[Na+]. The first-order valence-corrected chi connectivity index (χ1v) is 20.4. The number of unbranched alkanes of at least 4 members (excludes halogenated alkanes) is 15. The van der Waals surface area contributed by atoms with Gasteiger partial charge < -0.3 is 57.8 Å². The van der Waals surface area contributed by atoms with Crippen molar-refractivity contribution in [1.29, 1.82) is 0 Å². The van der Waals surface area contributed by atoms with Crippen LogP contribution in [-0.2, 0) is 47.4 Å². The van der Waals surface area contributed by atoms with Gasteiger partial charge in [0.15, 0.2) is 0 Å². The second-order valence-electron chi connectivity index (χ2n) is 12.7. The zero-order valence-electron chi connectivity index (χ0n) is 33.7. The van der Waals surface area contributed by atoms with E-state index in [0.29, 0.717) is 125 Å². The van der Waals surface area contributed by atoms with Crippen LogP contribution in [-0.4, -0.2) is 138 Å². The van der Waals surface area contributed by atoms with E-state index in [0.717, 1.165) is 13.0 Å². The minimum absolute atomic E-state index is 0. The van der Waals surface area contributed by atoms with Crippen molar-refractivity contribution >= 4 is 5.97 Å². The van der Waals surface area contributed by atoms with Gasteiger partial charge in [0, 0.05) is 25.7 Å². The Labute approximate surface area is 340 Å². The molecule has 13 heteroatoms. The fraction of sp³-hybridized carbons (Fsp3) is 0.974. The van der Waals surface area contributed by atoms with Gasteiger partial charge in [-0.25, -0.2) is 0 Å². The number of carbonyl (C=O) groups is 1. The van der Waals surface area contributed by atoms with E-state index in [1.165, 1.54) is 96.3 Å². The number of rotatable bonds is 47. The molecule has 0 spiro atoms. The fourth-order valence-corrected chi connectivity index (χ4v) is 5.07. The van der Waals surface area contributed by atoms with Crippen LogP contribution in [0.25, 0.3) is 0 Å². The molecule has 0 aromatic rings. The molecule has 1 N–H and O–H groups in total. The third-order valence-electron chi connectivity index (χ3n) is 8.05. The number of carboxylic acid groups (broad SMARTS) is 1. The van der Waals surface area contributed by atoms with E-state index >= 15 is 0 Å². The molecule has 0 aliphatic carbocycles. The minimum atomic E-state index is -1.06. The Balaban J connectivity index is 0. The zero-order chi connectivity index (χ0) is 36.8. The number of aliphatic carboxylic acids is 1. The van der Waals surface area contributed by atoms with Crippen molar-refractivity contribution in [2.24, 2.45) is 0 Å². The smallest absolute Gasteiger partial charge is 0.550 e. The van der Waals surface area contributed by atoms with Crippen LogP contribution >= 0.6 is 0 Å². The summed E-state index contributed by atoms with van der Waals surface area (Å²) in [6.45, 7) is 13.0. The molecule has 0 atom stereocenters. The van der Waals surface area contributed by atoms with Gasteiger partial charge in [-0.05, 0) is 12.8 Å². The molecular weight excluding hydrogens is 681 g/mol. The molecule has 12 nitrogen and oxygen atoms in total. The summed E-state index contributed by atoms with van der Waals surface area (Å²) in [4.78, 5) is 10.3. The molecule has 0 rings (SSSR count). The van der Waals surface area contributed by atoms with Gasteiger partial charge in [0.2, 0.25) is 0 Å². The van der Waals surface area contributed by atoms with Gasteiger partial charge >= 0.3 is 29.6 Å². The number of hydrogen-bond donors (Lipinski definition) is 1. The number of carboxylic acids is 1. The molecule has 0 aliphatic heterocycles. The largest absolute Gasteiger partial charge is 1.00 e. The molecular formula is C39H78NNaO11. The average molecular weight is 760 g/mol. The zero-order valence-corrected chi connectivity index (χ0v) is 35.7. The van der Waals surface area contributed by atoms with Gasteiger partial charge in [0.05, 0.1) is 112 Å². The average Bonchev–Trinajstić information content (AvgIpc) is 3.13. The van der Waals surface area contributed by atoms with Crippen LogP contribution in [0.15, 0.2) is 0 Å². The number of carbonyl (C=O) groups excluding carboxylic acids is 1. The first-order chi connectivity index (χ1) is 25.3. The normalized spacial score (nSPS) is 11.3. The molecule has 306 valence electrons. The molecule has 0 saturated heterocycles. The van der Waals surface area contributed by atoms with E-state index in [4.69, 9.17) is 42.6 Å². The molecule has 0 unspecified atom stereocenters. The topological polar surface area (TPSA) is 135 Å². The van der Waals surface area contributed by atoms with Gasteiger partial charge in [0.1, 0.15) is 0 Å². The third-order valence-corrected chi connectivity index (χ3v) is 8.05. The van der Waals surface area contributed by atoms with Crippen molar-refractivity contribution < 1.29 is 82.1 Å². The Hall–Kier alpha value is 0.0700. The Kier molecular flexibility index (Phi) is 53.2. The van der Waals surface area contributed by atoms with E-state index in [1.807, 2.05) is 0 Å². The standard InChI is InChI=1S/C39H79NO11.Na/c1-2-3-4-5-6-7-8-9-10-11-12-13-14-15-16-17-21-43-23-25-45-27-29-47-31-33-49-35-37-51-38-36-50-34-32-48-30-28-46-26-24-44-22-20-40-19-18-39(41)42;/h40H,2-38H2,1H3,(H,41,42);/q;+1/p-1. The molecule has 0 aromatic carbocycles. The summed E-state index contributed by atoms with van der Waals surface area (Å²) in [7, 11) is 0.